The molecule has 0 atom stereocenters. The smallest absolute Gasteiger partial charge is 0.139 e. The van der Waals surface area contributed by atoms with Crippen molar-refractivity contribution in [3.05, 3.63) is 0 Å². The molecule has 13 heavy (non-hydrogen) atoms. The van der Waals surface area contributed by atoms with Gasteiger partial charge in [-0.05, 0) is 19.3 Å². The molecule has 1 nitrogen and oxygen atoms in total. The molecule has 1 rings (SSSR count). The number of hydrogen-bond donors (Lipinski definition) is 0. The zero-order chi connectivity index (χ0) is 9.95. The maximum atomic E-state index is 3.71. The van der Waals surface area contributed by atoms with Crippen molar-refractivity contribution in [2.45, 2.75) is 22.5 Å². The molecule has 1 aliphatic rings. The van der Waals surface area contributed by atoms with Crippen molar-refractivity contribution in [3.63, 3.8) is 0 Å². The number of likely N-dealkylation sites (tertiary alicyclic amines) is 1. The van der Waals surface area contributed by atoms with Crippen LogP contribution in [-0.4, -0.2) is 39.7 Å². The number of piperidine rings is 1. The molecule has 0 spiro atoms. The molecule has 1 aliphatic heterocycles. The third-order valence-corrected chi connectivity index (χ3v) is 6.23. The number of quaternary nitrogens is 1. The van der Waals surface area contributed by atoms with Gasteiger partial charge in [-0.2, -0.15) is 0 Å². The molecular formula is C9H17Br3N+. The molecule has 0 bridgehead atoms. The Kier molecular flexibility index (Phi) is 4.75. The van der Waals surface area contributed by atoms with Gasteiger partial charge in [-0.15, -0.1) is 0 Å². The van der Waals surface area contributed by atoms with Crippen LogP contribution in [0, 0.1) is 0 Å². The first-order valence-corrected chi connectivity index (χ1v) is 7.46. The molecule has 0 radical (unpaired) electrons. The van der Waals surface area contributed by atoms with E-state index in [0.717, 1.165) is 11.9 Å². The lowest BCUT2D eigenvalue weighted by atomic mass is 10.1. The highest BCUT2D eigenvalue weighted by Gasteiger charge is 2.34. The lowest BCUT2D eigenvalue weighted by Crippen LogP contribution is -2.53. The SMILES string of the molecule is C[N+]1(CC(Br)(Br)CBr)CCCCC1. The summed E-state index contributed by atoms with van der Waals surface area (Å²) in [4.78, 5) is 0. The van der Waals surface area contributed by atoms with Crippen molar-refractivity contribution < 1.29 is 4.48 Å². The van der Waals surface area contributed by atoms with Crippen LogP contribution in [0.3, 0.4) is 0 Å². The van der Waals surface area contributed by atoms with Crippen LogP contribution in [0.25, 0.3) is 0 Å². The van der Waals surface area contributed by atoms with Crippen LogP contribution in [-0.2, 0) is 0 Å². The Morgan fingerprint density at radius 2 is 1.69 bits per heavy atom. The molecule has 0 amide bonds. The van der Waals surface area contributed by atoms with Crippen LogP contribution in [0.4, 0.5) is 0 Å². The minimum atomic E-state index is 0.0755. The van der Waals surface area contributed by atoms with E-state index in [0.29, 0.717) is 0 Å². The third-order valence-electron chi connectivity index (χ3n) is 2.70. The highest BCUT2D eigenvalue weighted by molar-refractivity contribution is 9.26. The highest BCUT2D eigenvalue weighted by Crippen LogP contribution is 2.32. The van der Waals surface area contributed by atoms with Gasteiger partial charge in [0, 0.05) is 5.33 Å². The summed E-state index contributed by atoms with van der Waals surface area (Å²) in [6.45, 7) is 3.80. The van der Waals surface area contributed by atoms with Crippen molar-refractivity contribution in [1.82, 2.24) is 0 Å². The van der Waals surface area contributed by atoms with Gasteiger partial charge in [-0.3, -0.25) is 0 Å². The number of alkyl halides is 3. The van der Waals surface area contributed by atoms with Gasteiger partial charge < -0.3 is 4.48 Å². The van der Waals surface area contributed by atoms with Gasteiger partial charge in [-0.1, -0.05) is 47.8 Å². The van der Waals surface area contributed by atoms with Gasteiger partial charge in [0.25, 0.3) is 0 Å². The van der Waals surface area contributed by atoms with Crippen molar-refractivity contribution in [3.8, 4) is 0 Å². The summed E-state index contributed by atoms with van der Waals surface area (Å²) in [6.07, 6.45) is 4.18. The molecule has 0 saturated carbocycles. The number of hydrogen-bond acceptors (Lipinski definition) is 0. The molecule has 1 saturated heterocycles. The van der Waals surface area contributed by atoms with Gasteiger partial charge in [0.05, 0.1) is 20.1 Å². The molecule has 1 fully saturated rings. The predicted molar refractivity (Wildman–Crippen MR) is 69.0 cm³/mol. The Balaban J connectivity index is 2.49. The molecule has 0 aromatic heterocycles. The minimum Gasteiger partial charge on any atom is -0.324 e. The van der Waals surface area contributed by atoms with Crippen molar-refractivity contribution in [2.75, 3.05) is 32.0 Å². The fourth-order valence-corrected chi connectivity index (χ4v) is 3.42. The largest absolute Gasteiger partial charge is 0.324 e. The van der Waals surface area contributed by atoms with Crippen LogP contribution in [0.2, 0.25) is 0 Å². The number of nitrogens with zero attached hydrogens (tertiary/aromatic N) is 1. The summed E-state index contributed by atoms with van der Waals surface area (Å²) < 4.78 is 1.27. The first kappa shape index (κ1) is 12.5. The molecule has 0 aromatic carbocycles. The van der Waals surface area contributed by atoms with Gasteiger partial charge in [-0.25, -0.2) is 0 Å². The van der Waals surface area contributed by atoms with Crippen LogP contribution in [0.5, 0.6) is 0 Å². The van der Waals surface area contributed by atoms with Gasteiger partial charge in [0.1, 0.15) is 9.78 Å². The fourth-order valence-electron chi connectivity index (χ4n) is 2.03. The van der Waals surface area contributed by atoms with E-state index in [1.54, 1.807) is 0 Å². The zero-order valence-electron chi connectivity index (χ0n) is 8.03. The van der Waals surface area contributed by atoms with E-state index in [9.17, 15) is 0 Å². The van der Waals surface area contributed by atoms with Gasteiger partial charge in [0.2, 0.25) is 0 Å². The predicted octanol–water partition coefficient (Wildman–Crippen LogP) is 3.50. The first-order valence-electron chi connectivity index (χ1n) is 4.75. The van der Waals surface area contributed by atoms with Crippen LogP contribution in [0.15, 0.2) is 0 Å². The van der Waals surface area contributed by atoms with Crippen molar-refractivity contribution >= 4 is 47.8 Å². The molecule has 4 heteroatoms. The second kappa shape index (κ2) is 4.95. The lowest BCUT2D eigenvalue weighted by molar-refractivity contribution is -0.913. The Morgan fingerprint density at radius 3 is 2.15 bits per heavy atom. The maximum absolute atomic E-state index is 3.71. The van der Waals surface area contributed by atoms with E-state index in [1.165, 1.54) is 36.8 Å². The molecule has 78 valence electrons. The summed E-state index contributed by atoms with van der Waals surface area (Å²) in [5.41, 5.74) is 0. The zero-order valence-corrected chi connectivity index (χ0v) is 12.8. The quantitative estimate of drug-likeness (QED) is 0.521. The Hall–Kier alpha value is 1.40. The van der Waals surface area contributed by atoms with Crippen LogP contribution >= 0.6 is 47.8 Å². The topological polar surface area (TPSA) is 0 Å². The molecule has 0 unspecified atom stereocenters. The normalized spacial score (nSPS) is 23.1. The lowest BCUT2D eigenvalue weighted by Gasteiger charge is -2.41. The van der Waals surface area contributed by atoms with Gasteiger partial charge in [0.15, 0.2) is 0 Å². The molecule has 0 N–H and O–H groups in total. The Bertz CT molecular complexity index is 164. The van der Waals surface area contributed by atoms with E-state index in [-0.39, 0.29) is 3.23 Å². The number of rotatable bonds is 3. The minimum absolute atomic E-state index is 0.0755. The Morgan fingerprint density at radius 1 is 1.15 bits per heavy atom. The van der Waals surface area contributed by atoms with Crippen molar-refractivity contribution in [1.29, 1.82) is 0 Å². The second-order valence-corrected chi connectivity index (χ2v) is 8.94. The average Bonchev–Trinajstić information content (AvgIpc) is 2.04. The van der Waals surface area contributed by atoms with E-state index in [4.69, 9.17) is 0 Å². The molecule has 0 aromatic rings. The third kappa shape index (κ3) is 4.18. The number of halogens is 3. The summed E-state index contributed by atoms with van der Waals surface area (Å²) in [6, 6.07) is 0. The standard InChI is InChI=1S/C9H17Br3N/c1-13(5-3-2-4-6-13)8-9(11,12)7-10/h2-8H2,1H3/q+1. The van der Waals surface area contributed by atoms with Crippen molar-refractivity contribution in [2.24, 2.45) is 0 Å². The maximum Gasteiger partial charge on any atom is 0.139 e. The second-order valence-electron chi connectivity index (χ2n) is 4.28. The average molecular weight is 379 g/mol. The van der Waals surface area contributed by atoms with E-state index >= 15 is 0 Å². The summed E-state index contributed by atoms with van der Waals surface area (Å²) in [5.74, 6) is 0. The highest BCUT2D eigenvalue weighted by atomic mass is 79.9. The fraction of sp³-hybridized carbons (Fsp3) is 1.00. The first-order chi connectivity index (χ1) is 5.97. The summed E-state index contributed by atoms with van der Waals surface area (Å²) in [5, 5.41) is 0.952. The van der Waals surface area contributed by atoms with Crippen LogP contribution in [0.1, 0.15) is 19.3 Å². The molecule has 0 aliphatic carbocycles. The van der Waals surface area contributed by atoms with Gasteiger partial charge >= 0.3 is 0 Å². The Labute approximate surface area is 106 Å². The summed E-state index contributed by atoms with van der Waals surface area (Å²) in [7, 11) is 2.36. The van der Waals surface area contributed by atoms with E-state index < -0.39 is 0 Å². The van der Waals surface area contributed by atoms with E-state index in [1.807, 2.05) is 0 Å². The molecule has 1 heterocycles. The van der Waals surface area contributed by atoms with E-state index in [2.05, 4.69) is 54.8 Å². The van der Waals surface area contributed by atoms with Crippen LogP contribution < -0.4 is 0 Å². The molecular weight excluding hydrogens is 362 g/mol. The monoisotopic (exact) mass is 376 g/mol. The summed E-state index contributed by atoms with van der Waals surface area (Å²) >= 11 is 10.9.